The molecule has 1 atom stereocenters. The Morgan fingerprint density at radius 2 is 2.16 bits per heavy atom. The number of anilines is 1. The zero-order valence-electron chi connectivity index (χ0n) is 11.4. The lowest BCUT2D eigenvalue weighted by molar-refractivity contribution is 0.0326. The maximum Gasteiger partial charge on any atom is 0.254 e. The van der Waals surface area contributed by atoms with Crippen molar-refractivity contribution in [2.75, 3.05) is 32.9 Å². The second-order valence-electron chi connectivity index (χ2n) is 5.12. The number of carbonyl (C=O) groups excluding carboxylic acids is 1. The number of aliphatic hydroxyl groups is 1. The van der Waals surface area contributed by atoms with Gasteiger partial charge in [0.25, 0.3) is 5.91 Å². The lowest BCUT2D eigenvalue weighted by Crippen LogP contribution is -2.47. The van der Waals surface area contributed by atoms with Gasteiger partial charge in [0, 0.05) is 18.8 Å². The number of amides is 1. The number of hydrogen-bond donors (Lipinski definition) is 3. The van der Waals surface area contributed by atoms with Crippen LogP contribution in [0.4, 0.5) is 5.69 Å². The first kappa shape index (κ1) is 15.8. The van der Waals surface area contributed by atoms with Crippen molar-refractivity contribution in [3.8, 4) is 0 Å². The van der Waals surface area contributed by atoms with Crippen LogP contribution in [-0.2, 0) is 0 Å². The van der Waals surface area contributed by atoms with Gasteiger partial charge in [0.2, 0.25) is 0 Å². The molecule has 5 nitrogen and oxygen atoms in total. The smallest absolute Gasteiger partial charge is 0.254 e. The van der Waals surface area contributed by atoms with Gasteiger partial charge in [-0.2, -0.15) is 0 Å². The van der Waals surface area contributed by atoms with Crippen molar-refractivity contribution >= 4 is 23.2 Å². The molecule has 106 valence electrons. The first-order valence-corrected chi connectivity index (χ1v) is 6.30. The number of rotatable bonds is 5. The third kappa shape index (κ3) is 4.70. The topological polar surface area (TPSA) is 78.6 Å². The summed E-state index contributed by atoms with van der Waals surface area (Å²) in [5, 5.41) is 13.0. The highest BCUT2D eigenvalue weighted by Gasteiger charge is 2.23. The number of carbonyl (C=O) groups is 1. The van der Waals surface area contributed by atoms with Crippen molar-refractivity contribution in [1.82, 2.24) is 10.2 Å². The van der Waals surface area contributed by atoms with Gasteiger partial charge < -0.3 is 21.1 Å². The van der Waals surface area contributed by atoms with E-state index in [9.17, 15) is 9.90 Å². The minimum Gasteiger partial charge on any atom is -0.398 e. The van der Waals surface area contributed by atoms with Gasteiger partial charge in [-0.3, -0.25) is 4.79 Å². The minimum absolute atomic E-state index is 0.120. The monoisotopic (exact) mass is 285 g/mol. The standard InChI is InChI=1S/C13H20ClN3O2/c1-13(19,8-17(2)3)7-16-12(18)11-9(14)5-4-6-10(11)15/h4-6,19H,7-8,15H2,1-3H3,(H,16,18). The summed E-state index contributed by atoms with van der Waals surface area (Å²) in [5.41, 5.74) is 5.27. The van der Waals surface area contributed by atoms with Gasteiger partial charge in [-0.25, -0.2) is 0 Å². The second kappa shape index (κ2) is 6.23. The van der Waals surface area contributed by atoms with Gasteiger partial charge in [-0.05, 0) is 33.2 Å². The molecule has 0 fully saturated rings. The molecule has 0 aliphatic rings. The molecule has 1 unspecified atom stereocenters. The maximum atomic E-state index is 12.0. The molecule has 6 heteroatoms. The number of benzene rings is 1. The first-order chi connectivity index (χ1) is 8.73. The zero-order valence-corrected chi connectivity index (χ0v) is 12.2. The van der Waals surface area contributed by atoms with E-state index in [1.54, 1.807) is 25.1 Å². The van der Waals surface area contributed by atoms with Crippen LogP contribution >= 0.6 is 11.6 Å². The average molecular weight is 286 g/mol. The molecular formula is C13H20ClN3O2. The molecule has 0 heterocycles. The molecule has 0 aliphatic carbocycles. The summed E-state index contributed by atoms with van der Waals surface area (Å²) in [5.74, 6) is -0.387. The van der Waals surface area contributed by atoms with E-state index in [0.29, 0.717) is 17.3 Å². The Morgan fingerprint density at radius 3 is 2.68 bits per heavy atom. The van der Waals surface area contributed by atoms with Crippen molar-refractivity contribution < 1.29 is 9.90 Å². The normalized spacial score (nSPS) is 14.2. The van der Waals surface area contributed by atoms with Crippen LogP contribution in [-0.4, -0.2) is 48.7 Å². The predicted molar refractivity (Wildman–Crippen MR) is 77.4 cm³/mol. The highest BCUT2D eigenvalue weighted by molar-refractivity contribution is 6.34. The number of nitrogen functional groups attached to an aromatic ring is 1. The predicted octanol–water partition coefficient (Wildman–Crippen LogP) is 0.965. The Bertz CT molecular complexity index is 441. The van der Waals surface area contributed by atoms with Crippen molar-refractivity contribution in [3.63, 3.8) is 0 Å². The summed E-state index contributed by atoms with van der Waals surface area (Å²) in [6.45, 7) is 2.21. The van der Waals surface area contributed by atoms with E-state index in [0.717, 1.165) is 0 Å². The second-order valence-corrected chi connectivity index (χ2v) is 5.53. The largest absolute Gasteiger partial charge is 0.398 e. The van der Waals surface area contributed by atoms with E-state index < -0.39 is 5.60 Å². The Balaban J connectivity index is 2.71. The van der Waals surface area contributed by atoms with Crippen LogP contribution in [0.5, 0.6) is 0 Å². The molecule has 0 radical (unpaired) electrons. The van der Waals surface area contributed by atoms with Crippen molar-refractivity contribution in [3.05, 3.63) is 28.8 Å². The Morgan fingerprint density at radius 1 is 1.53 bits per heavy atom. The van der Waals surface area contributed by atoms with E-state index in [4.69, 9.17) is 17.3 Å². The molecule has 4 N–H and O–H groups in total. The summed E-state index contributed by atoms with van der Waals surface area (Å²) in [7, 11) is 3.70. The highest BCUT2D eigenvalue weighted by Crippen LogP contribution is 2.21. The molecule has 0 aromatic heterocycles. The van der Waals surface area contributed by atoms with Crippen molar-refractivity contribution in [2.24, 2.45) is 0 Å². The summed E-state index contributed by atoms with van der Waals surface area (Å²) < 4.78 is 0. The number of nitrogens with two attached hydrogens (primary N) is 1. The number of likely N-dealkylation sites (N-methyl/N-ethyl adjacent to an activating group) is 1. The Hall–Kier alpha value is -1.30. The van der Waals surface area contributed by atoms with Gasteiger partial charge in [-0.15, -0.1) is 0 Å². The lowest BCUT2D eigenvalue weighted by atomic mass is 10.1. The van der Waals surface area contributed by atoms with Gasteiger partial charge >= 0.3 is 0 Å². The summed E-state index contributed by atoms with van der Waals surface area (Å²) in [6, 6.07) is 4.89. The lowest BCUT2D eigenvalue weighted by Gasteiger charge is -2.27. The van der Waals surface area contributed by atoms with Crippen LogP contribution in [0.2, 0.25) is 5.02 Å². The van der Waals surface area contributed by atoms with E-state index in [1.807, 2.05) is 19.0 Å². The molecule has 1 amide bonds. The maximum absolute atomic E-state index is 12.0. The fourth-order valence-electron chi connectivity index (χ4n) is 1.88. The Kier molecular flexibility index (Phi) is 5.17. The number of nitrogens with zero attached hydrogens (tertiary/aromatic N) is 1. The van der Waals surface area contributed by atoms with Gasteiger partial charge in [-0.1, -0.05) is 17.7 Å². The van der Waals surface area contributed by atoms with Crippen molar-refractivity contribution in [1.29, 1.82) is 0 Å². The van der Waals surface area contributed by atoms with Crippen LogP contribution in [0.1, 0.15) is 17.3 Å². The molecule has 0 bridgehead atoms. The summed E-state index contributed by atoms with van der Waals surface area (Å²) >= 11 is 5.95. The number of nitrogens with one attached hydrogen (secondary N) is 1. The minimum atomic E-state index is -1.02. The fourth-order valence-corrected chi connectivity index (χ4v) is 2.14. The van der Waals surface area contributed by atoms with Crippen LogP contribution in [0.3, 0.4) is 0 Å². The summed E-state index contributed by atoms with van der Waals surface area (Å²) in [4.78, 5) is 13.9. The third-order valence-electron chi connectivity index (χ3n) is 2.56. The molecular weight excluding hydrogens is 266 g/mol. The Labute approximate surface area is 118 Å². The van der Waals surface area contributed by atoms with Gasteiger partial charge in [0.1, 0.15) is 0 Å². The van der Waals surface area contributed by atoms with E-state index in [1.165, 1.54) is 0 Å². The van der Waals surface area contributed by atoms with E-state index >= 15 is 0 Å². The van der Waals surface area contributed by atoms with Crippen LogP contribution in [0.25, 0.3) is 0 Å². The van der Waals surface area contributed by atoms with Gasteiger partial charge in [0.15, 0.2) is 0 Å². The number of halogens is 1. The highest BCUT2D eigenvalue weighted by atomic mass is 35.5. The molecule has 0 saturated heterocycles. The molecule has 1 rings (SSSR count). The van der Waals surface area contributed by atoms with Crippen LogP contribution in [0, 0.1) is 0 Å². The molecule has 1 aromatic rings. The van der Waals surface area contributed by atoms with Crippen molar-refractivity contribution in [2.45, 2.75) is 12.5 Å². The van der Waals surface area contributed by atoms with E-state index in [2.05, 4.69) is 5.32 Å². The average Bonchev–Trinajstić information content (AvgIpc) is 2.24. The third-order valence-corrected chi connectivity index (χ3v) is 2.87. The van der Waals surface area contributed by atoms with Gasteiger partial charge in [0.05, 0.1) is 16.2 Å². The van der Waals surface area contributed by atoms with Crippen LogP contribution < -0.4 is 11.1 Å². The molecule has 19 heavy (non-hydrogen) atoms. The van der Waals surface area contributed by atoms with E-state index in [-0.39, 0.29) is 18.0 Å². The van der Waals surface area contributed by atoms with Crippen LogP contribution in [0.15, 0.2) is 18.2 Å². The SMILES string of the molecule is CN(C)CC(C)(O)CNC(=O)c1c(N)cccc1Cl. The quantitative estimate of drug-likeness (QED) is 0.704. The molecule has 0 spiro atoms. The zero-order chi connectivity index (χ0) is 14.6. The first-order valence-electron chi connectivity index (χ1n) is 5.92. The fraction of sp³-hybridized carbons (Fsp3) is 0.462. The number of hydrogen-bond acceptors (Lipinski definition) is 4. The summed E-state index contributed by atoms with van der Waals surface area (Å²) in [6.07, 6.45) is 0. The molecule has 0 aliphatic heterocycles. The molecule has 1 aromatic carbocycles. The molecule has 0 saturated carbocycles.